The summed E-state index contributed by atoms with van der Waals surface area (Å²) in [7, 11) is 0. The van der Waals surface area contributed by atoms with Crippen molar-refractivity contribution >= 4 is 45.3 Å². The molecule has 0 spiro atoms. The van der Waals surface area contributed by atoms with Gasteiger partial charge in [-0.05, 0) is 31.2 Å². The van der Waals surface area contributed by atoms with Gasteiger partial charge in [0, 0.05) is 23.0 Å². The van der Waals surface area contributed by atoms with E-state index in [9.17, 15) is 18.0 Å². The Kier molecular flexibility index (Phi) is 5.54. The van der Waals surface area contributed by atoms with Crippen LogP contribution in [-0.4, -0.2) is 25.3 Å². The quantitative estimate of drug-likeness (QED) is 0.428. The smallest absolute Gasteiger partial charge is 0.343 e. The van der Waals surface area contributed by atoms with Gasteiger partial charge < -0.3 is 10.6 Å². The van der Waals surface area contributed by atoms with Crippen molar-refractivity contribution in [2.45, 2.75) is 19.1 Å². The fourth-order valence-corrected chi connectivity index (χ4v) is 3.75. The molecule has 1 aromatic carbocycles. The molecule has 4 rings (SSSR count). The van der Waals surface area contributed by atoms with Crippen molar-refractivity contribution in [1.29, 1.82) is 0 Å². The number of benzene rings is 1. The van der Waals surface area contributed by atoms with E-state index in [2.05, 4.69) is 25.6 Å². The number of anilines is 2. The summed E-state index contributed by atoms with van der Waals surface area (Å²) in [6, 6.07) is 4.28. The van der Waals surface area contributed by atoms with Gasteiger partial charge in [0.2, 0.25) is 0 Å². The number of hydrogen-bond acceptors (Lipinski definition) is 6. The molecule has 2 N–H and O–H groups in total. The number of thiazole rings is 1. The zero-order chi connectivity index (χ0) is 22.2. The van der Waals surface area contributed by atoms with Crippen LogP contribution in [0.25, 0.3) is 5.65 Å². The van der Waals surface area contributed by atoms with E-state index in [-0.39, 0.29) is 11.7 Å². The number of imidazole rings is 1. The van der Waals surface area contributed by atoms with Crippen LogP contribution in [-0.2, 0) is 6.18 Å². The predicted octanol–water partition coefficient (Wildman–Crippen LogP) is 5.09. The molecule has 0 fully saturated rings. The Morgan fingerprint density at radius 2 is 1.87 bits per heavy atom. The second-order valence-corrected chi connectivity index (χ2v) is 7.99. The van der Waals surface area contributed by atoms with Crippen molar-refractivity contribution in [2.75, 3.05) is 5.32 Å². The van der Waals surface area contributed by atoms with E-state index in [0.29, 0.717) is 21.6 Å². The Balaban J connectivity index is 1.42. The fourth-order valence-electron chi connectivity index (χ4n) is 2.73. The van der Waals surface area contributed by atoms with Crippen LogP contribution in [0.15, 0.2) is 49.1 Å². The number of carbonyl (C=O) groups excluding carboxylic acids is 1. The van der Waals surface area contributed by atoms with Crippen molar-refractivity contribution in [1.82, 2.24) is 24.7 Å². The number of amides is 1. The minimum atomic E-state index is -4.39. The lowest BCUT2D eigenvalue weighted by Crippen LogP contribution is -2.27. The highest BCUT2D eigenvalue weighted by Crippen LogP contribution is 2.31. The monoisotopic (exact) mass is 466 g/mol. The Morgan fingerprint density at radius 3 is 2.58 bits per heavy atom. The highest BCUT2D eigenvalue weighted by Gasteiger charge is 2.30. The van der Waals surface area contributed by atoms with Crippen LogP contribution in [0.3, 0.4) is 0 Å². The summed E-state index contributed by atoms with van der Waals surface area (Å²) in [5.41, 5.74) is 0.446. The fraction of sp³-hybridized carbons (Fsp3) is 0.158. The molecule has 1 atom stereocenters. The number of aromatic nitrogens is 4. The summed E-state index contributed by atoms with van der Waals surface area (Å²) in [6.45, 7) is 1.79. The molecule has 0 aliphatic heterocycles. The summed E-state index contributed by atoms with van der Waals surface area (Å²) in [5.74, 6) is -0.398. The Morgan fingerprint density at radius 1 is 1.13 bits per heavy atom. The van der Waals surface area contributed by atoms with Gasteiger partial charge in [-0.25, -0.2) is 15.0 Å². The number of nitrogens with one attached hydrogen (secondary N) is 2. The molecule has 1 amide bonds. The molecule has 0 aliphatic carbocycles. The molecule has 1 unspecified atom stereocenters. The van der Waals surface area contributed by atoms with Crippen molar-refractivity contribution in [3.05, 3.63) is 70.3 Å². The van der Waals surface area contributed by atoms with Crippen molar-refractivity contribution in [2.24, 2.45) is 0 Å². The minimum absolute atomic E-state index is 0.173. The molecule has 0 radical (unpaired) electrons. The van der Waals surface area contributed by atoms with Gasteiger partial charge in [-0.15, -0.1) is 0 Å². The maximum absolute atomic E-state index is 12.7. The first-order chi connectivity index (χ1) is 14.7. The summed E-state index contributed by atoms with van der Waals surface area (Å²) in [6.07, 6.45) is 1.61. The SMILES string of the molecule is CC(NC(=O)c1cn2c(Cl)cnc2cn1)c1cnc(Nc2ccc(C(F)(F)F)cc2)s1. The molecule has 160 valence electrons. The number of halogens is 4. The van der Waals surface area contributed by atoms with Gasteiger partial charge in [-0.3, -0.25) is 9.20 Å². The third kappa shape index (κ3) is 4.62. The lowest BCUT2D eigenvalue weighted by molar-refractivity contribution is -0.137. The van der Waals surface area contributed by atoms with E-state index >= 15 is 0 Å². The van der Waals surface area contributed by atoms with Gasteiger partial charge in [0.15, 0.2) is 10.8 Å². The zero-order valence-corrected chi connectivity index (χ0v) is 17.4. The lowest BCUT2D eigenvalue weighted by Gasteiger charge is -2.11. The van der Waals surface area contributed by atoms with E-state index in [0.717, 1.165) is 17.0 Å². The van der Waals surface area contributed by atoms with Crippen LogP contribution < -0.4 is 10.6 Å². The zero-order valence-electron chi connectivity index (χ0n) is 15.8. The molecular weight excluding hydrogens is 453 g/mol. The van der Waals surface area contributed by atoms with E-state index in [1.807, 2.05) is 0 Å². The molecule has 0 saturated heterocycles. The molecule has 0 saturated carbocycles. The number of carbonyl (C=O) groups is 1. The Bertz CT molecular complexity index is 1240. The number of fused-ring (bicyclic) bond motifs is 1. The van der Waals surface area contributed by atoms with Crippen molar-refractivity contribution in [3.8, 4) is 0 Å². The number of rotatable bonds is 5. The second-order valence-electron chi connectivity index (χ2n) is 6.54. The number of alkyl halides is 3. The number of hydrogen-bond donors (Lipinski definition) is 2. The summed E-state index contributed by atoms with van der Waals surface area (Å²) in [5, 5.41) is 6.63. The van der Waals surface area contributed by atoms with Gasteiger partial charge in [0.25, 0.3) is 5.91 Å². The first kappa shape index (κ1) is 21.1. The first-order valence-electron chi connectivity index (χ1n) is 8.90. The van der Waals surface area contributed by atoms with Crippen LogP contribution in [0, 0.1) is 0 Å². The lowest BCUT2D eigenvalue weighted by atomic mass is 10.2. The van der Waals surface area contributed by atoms with Crippen LogP contribution in [0.2, 0.25) is 5.15 Å². The highest BCUT2D eigenvalue weighted by atomic mass is 35.5. The second kappa shape index (κ2) is 8.16. The third-order valence-electron chi connectivity index (χ3n) is 4.34. The highest BCUT2D eigenvalue weighted by molar-refractivity contribution is 7.15. The summed E-state index contributed by atoms with van der Waals surface area (Å²) < 4.78 is 39.5. The Hall–Kier alpha value is -3.18. The molecule has 7 nitrogen and oxygen atoms in total. The van der Waals surface area contributed by atoms with E-state index < -0.39 is 17.6 Å². The van der Waals surface area contributed by atoms with E-state index in [4.69, 9.17) is 11.6 Å². The van der Waals surface area contributed by atoms with E-state index in [1.165, 1.54) is 42.1 Å². The largest absolute Gasteiger partial charge is 0.416 e. The van der Waals surface area contributed by atoms with Gasteiger partial charge in [-0.2, -0.15) is 13.2 Å². The minimum Gasteiger partial charge on any atom is -0.343 e. The normalized spacial score (nSPS) is 12.7. The molecule has 31 heavy (non-hydrogen) atoms. The number of nitrogens with zero attached hydrogens (tertiary/aromatic N) is 4. The molecule has 0 aliphatic rings. The third-order valence-corrected chi connectivity index (χ3v) is 5.72. The molecule has 0 bridgehead atoms. The maximum atomic E-state index is 12.7. The van der Waals surface area contributed by atoms with Gasteiger partial charge >= 0.3 is 6.18 Å². The topological polar surface area (TPSA) is 84.2 Å². The van der Waals surface area contributed by atoms with Crippen LogP contribution in [0.4, 0.5) is 24.0 Å². The molecule has 3 aromatic heterocycles. The van der Waals surface area contributed by atoms with Gasteiger partial charge in [-0.1, -0.05) is 22.9 Å². The average molecular weight is 467 g/mol. The van der Waals surface area contributed by atoms with Crippen molar-refractivity contribution < 1.29 is 18.0 Å². The average Bonchev–Trinajstić information content (AvgIpc) is 3.34. The predicted molar refractivity (Wildman–Crippen MR) is 111 cm³/mol. The van der Waals surface area contributed by atoms with Crippen LogP contribution in [0.1, 0.15) is 33.9 Å². The molecule has 3 heterocycles. The standard InChI is InChI=1S/C19H14ClF3N6OS/c1-10(27-17(30)13-9-29-15(20)7-25-16(29)8-24-13)14-6-26-18(31-14)28-12-4-2-11(3-5-12)19(21,22)23/h2-10H,1H3,(H,26,28)(H,27,30). The molecule has 4 aromatic rings. The van der Waals surface area contributed by atoms with Crippen LogP contribution in [0.5, 0.6) is 0 Å². The molecule has 12 heteroatoms. The Labute approximate surface area is 182 Å². The first-order valence-corrected chi connectivity index (χ1v) is 10.1. The summed E-state index contributed by atoms with van der Waals surface area (Å²) in [4.78, 5) is 25.7. The molecular formula is C19H14ClF3N6OS. The summed E-state index contributed by atoms with van der Waals surface area (Å²) >= 11 is 7.30. The van der Waals surface area contributed by atoms with E-state index in [1.54, 1.807) is 17.5 Å². The van der Waals surface area contributed by atoms with Crippen molar-refractivity contribution in [3.63, 3.8) is 0 Å². The van der Waals surface area contributed by atoms with Gasteiger partial charge in [0.1, 0.15) is 10.8 Å². The van der Waals surface area contributed by atoms with Crippen LogP contribution >= 0.6 is 22.9 Å². The maximum Gasteiger partial charge on any atom is 0.416 e. The van der Waals surface area contributed by atoms with Gasteiger partial charge in [0.05, 0.1) is 24.0 Å².